The summed E-state index contributed by atoms with van der Waals surface area (Å²) < 4.78 is 19.0. The summed E-state index contributed by atoms with van der Waals surface area (Å²) in [6.45, 7) is 5.12. The minimum absolute atomic E-state index is 0.0426. The number of carbonyl (C=O) groups excluding carboxylic acids is 3. The number of benzene rings is 1. The lowest BCUT2D eigenvalue weighted by Gasteiger charge is -2.31. The molecule has 3 N–H and O–H groups in total. The van der Waals surface area contributed by atoms with Crippen LogP contribution in [0.4, 0.5) is 4.39 Å². The average molecular weight is 499 g/mol. The van der Waals surface area contributed by atoms with Crippen LogP contribution in [0.5, 0.6) is 0 Å². The standard InChI is InChI=1S/C27H35FN4O4/c1-5-20(27-32-22(16(3)36-27)24(33)18-11-13-19(28)14-12-18)21(29)25(34)23(17-9-7-6-8-10-17)31-26(35)15(2)30-4/h11-15,17,20,23,29-30H,5-10H2,1-4H3,(H,31,35)/t15-,20-,23-/m0/s1. The molecule has 36 heavy (non-hydrogen) atoms. The highest BCUT2D eigenvalue weighted by molar-refractivity contribution is 6.42. The molecule has 0 aliphatic heterocycles. The Bertz CT molecular complexity index is 1110. The number of likely N-dealkylation sites (N-methyl/N-ethyl adjacent to an activating group) is 1. The van der Waals surface area contributed by atoms with Gasteiger partial charge in [0.15, 0.2) is 11.5 Å². The Kier molecular flexibility index (Phi) is 9.25. The van der Waals surface area contributed by atoms with Gasteiger partial charge in [-0.25, -0.2) is 9.37 Å². The van der Waals surface area contributed by atoms with Crippen LogP contribution in [0.3, 0.4) is 0 Å². The van der Waals surface area contributed by atoms with Gasteiger partial charge in [-0.05, 0) is 70.3 Å². The molecule has 0 radical (unpaired) electrons. The lowest BCUT2D eigenvalue weighted by Crippen LogP contribution is -2.53. The average Bonchev–Trinajstić information content (AvgIpc) is 3.27. The highest BCUT2D eigenvalue weighted by Crippen LogP contribution is 2.30. The first-order chi connectivity index (χ1) is 17.2. The van der Waals surface area contributed by atoms with E-state index in [-0.39, 0.29) is 40.4 Å². The molecule has 2 aromatic rings. The predicted octanol–water partition coefficient (Wildman–Crippen LogP) is 4.11. The van der Waals surface area contributed by atoms with Gasteiger partial charge in [-0.1, -0.05) is 26.2 Å². The Hall–Kier alpha value is -3.20. The van der Waals surface area contributed by atoms with E-state index in [1.165, 1.54) is 24.3 Å². The van der Waals surface area contributed by atoms with Gasteiger partial charge in [0.2, 0.25) is 17.6 Å². The van der Waals surface area contributed by atoms with Crippen LogP contribution in [0.15, 0.2) is 28.7 Å². The fraction of sp³-hybridized carbons (Fsp3) is 0.519. The molecular formula is C27H35FN4O4. The molecule has 1 aromatic carbocycles. The van der Waals surface area contributed by atoms with Crippen molar-refractivity contribution in [2.24, 2.45) is 5.92 Å². The van der Waals surface area contributed by atoms with Crippen molar-refractivity contribution < 1.29 is 23.2 Å². The van der Waals surface area contributed by atoms with Crippen LogP contribution in [0.1, 0.15) is 86.0 Å². The summed E-state index contributed by atoms with van der Waals surface area (Å²) in [7, 11) is 1.67. The van der Waals surface area contributed by atoms with E-state index in [9.17, 15) is 18.8 Å². The van der Waals surface area contributed by atoms with Gasteiger partial charge < -0.3 is 20.5 Å². The number of Topliss-reactive ketones (excluding diaryl/α,β-unsaturated/α-hetero) is 1. The highest BCUT2D eigenvalue weighted by Gasteiger charge is 2.37. The Labute approximate surface area is 211 Å². The van der Waals surface area contributed by atoms with Crippen molar-refractivity contribution in [1.29, 1.82) is 5.41 Å². The zero-order valence-corrected chi connectivity index (χ0v) is 21.3. The number of hydrogen-bond acceptors (Lipinski definition) is 7. The Balaban J connectivity index is 1.86. The number of nitrogens with one attached hydrogen (secondary N) is 3. The maximum atomic E-state index is 13.6. The summed E-state index contributed by atoms with van der Waals surface area (Å²) in [6.07, 6.45) is 5.02. The number of oxazole rings is 1. The number of carbonyl (C=O) groups is 3. The molecule has 1 aromatic heterocycles. The van der Waals surface area contributed by atoms with E-state index in [4.69, 9.17) is 9.83 Å². The largest absolute Gasteiger partial charge is 0.444 e. The van der Waals surface area contributed by atoms with Gasteiger partial charge >= 0.3 is 0 Å². The Morgan fingerprint density at radius 2 is 1.81 bits per heavy atom. The minimum atomic E-state index is -0.800. The van der Waals surface area contributed by atoms with Crippen molar-refractivity contribution in [2.45, 2.75) is 77.3 Å². The molecule has 0 spiro atoms. The van der Waals surface area contributed by atoms with Crippen LogP contribution in [0.2, 0.25) is 0 Å². The van der Waals surface area contributed by atoms with Crippen LogP contribution < -0.4 is 10.6 Å². The topological polar surface area (TPSA) is 125 Å². The monoisotopic (exact) mass is 498 g/mol. The predicted molar refractivity (Wildman–Crippen MR) is 134 cm³/mol. The van der Waals surface area contributed by atoms with Gasteiger partial charge in [0, 0.05) is 5.56 Å². The third-order valence-corrected chi connectivity index (χ3v) is 6.98. The molecule has 0 saturated heterocycles. The van der Waals surface area contributed by atoms with Crippen LogP contribution in [-0.4, -0.2) is 47.3 Å². The SMILES string of the molecule is CC[C@@H](C(=N)C(=O)[C@@H](NC(=O)[C@H](C)NC)C1CCCCC1)c1nc(C(=O)c2ccc(F)cc2)c(C)o1. The van der Waals surface area contributed by atoms with E-state index < -0.39 is 35.4 Å². The summed E-state index contributed by atoms with van der Waals surface area (Å²) in [5.74, 6) is -2.06. The number of aryl methyl sites for hydroxylation is 1. The first-order valence-corrected chi connectivity index (χ1v) is 12.6. The van der Waals surface area contributed by atoms with E-state index in [1.807, 2.05) is 6.92 Å². The zero-order valence-electron chi connectivity index (χ0n) is 21.3. The Morgan fingerprint density at radius 1 is 1.17 bits per heavy atom. The Morgan fingerprint density at radius 3 is 2.39 bits per heavy atom. The molecule has 194 valence electrons. The third-order valence-electron chi connectivity index (χ3n) is 6.98. The summed E-state index contributed by atoms with van der Waals surface area (Å²) in [5, 5.41) is 14.5. The molecule has 8 nitrogen and oxygen atoms in total. The number of aromatic nitrogens is 1. The maximum absolute atomic E-state index is 13.6. The summed E-state index contributed by atoms with van der Waals surface area (Å²) >= 11 is 0. The molecule has 1 heterocycles. The van der Waals surface area contributed by atoms with E-state index in [0.29, 0.717) is 6.42 Å². The van der Waals surface area contributed by atoms with Crippen LogP contribution in [0, 0.1) is 24.1 Å². The van der Waals surface area contributed by atoms with Crippen LogP contribution in [-0.2, 0) is 9.59 Å². The van der Waals surface area contributed by atoms with Crippen molar-refractivity contribution in [2.75, 3.05) is 7.05 Å². The highest BCUT2D eigenvalue weighted by atomic mass is 19.1. The van der Waals surface area contributed by atoms with Gasteiger partial charge in [-0.2, -0.15) is 0 Å². The molecule has 1 aliphatic carbocycles. The summed E-state index contributed by atoms with van der Waals surface area (Å²) in [6, 6.07) is 3.86. The molecule has 1 amide bonds. The molecule has 0 bridgehead atoms. The number of amides is 1. The second kappa shape index (κ2) is 12.2. The third kappa shape index (κ3) is 6.13. The molecule has 1 saturated carbocycles. The van der Waals surface area contributed by atoms with Gasteiger partial charge in [-0.15, -0.1) is 0 Å². The number of ketones is 2. The van der Waals surface area contributed by atoms with Gasteiger partial charge in [-0.3, -0.25) is 14.4 Å². The number of rotatable bonds is 11. The number of halogens is 1. The van der Waals surface area contributed by atoms with E-state index in [1.54, 1.807) is 20.9 Å². The summed E-state index contributed by atoms with van der Waals surface area (Å²) in [4.78, 5) is 43.5. The van der Waals surface area contributed by atoms with Crippen molar-refractivity contribution in [3.63, 3.8) is 0 Å². The molecule has 1 fully saturated rings. The van der Waals surface area contributed by atoms with Crippen molar-refractivity contribution in [3.8, 4) is 0 Å². The molecule has 1 aliphatic rings. The van der Waals surface area contributed by atoms with E-state index >= 15 is 0 Å². The zero-order chi connectivity index (χ0) is 26.4. The molecule has 0 unspecified atom stereocenters. The van der Waals surface area contributed by atoms with Crippen LogP contribution >= 0.6 is 0 Å². The summed E-state index contributed by atoms with van der Waals surface area (Å²) in [5.41, 5.74) is 0.125. The fourth-order valence-corrected chi connectivity index (χ4v) is 4.63. The maximum Gasteiger partial charge on any atom is 0.237 e. The quantitative estimate of drug-likeness (QED) is 0.316. The normalized spacial score (nSPS) is 16.7. The lowest BCUT2D eigenvalue weighted by molar-refractivity contribution is -0.127. The van der Waals surface area contributed by atoms with Crippen molar-refractivity contribution in [3.05, 3.63) is 53.0 Å². The smallest absolute Gasteiger partial charge is 0.237 e. The first-order valence-electron chi connectivity index (χ1n) is 12.6. The van der Waals surface area contributed by atoms with Crippen molar-refractivity contribution in [1.82, 2.24) is 15.6 Å². The lowest BCUT2D eigenvalue weighted by atomic mass is 9.79. The fourth-order valence-electron chi connectivity index (χ4n) is 4.63. The number of hydrogen-bond donors (Lipinski definition) is 3. The second-order valence-corrected chi connectivity index (χ2v) is 9.43. The van der Waals surface area contributed by atoms with Gasteiger partial charge in [0.1, 0.15) is 11.6 Å². The first kappa shape index (κ1) is 27.4. The minimum Gasteiger partial charge on any atom is -0.444 e. The van der Waals surface area contributed by atoms with Crippen molar-refractivity contribution >= 4 is 23.2 Å². The molecule has 3 atom stereocenters. The van der Waals surface area contributed by atoms with E-state index in [2.05, 4.69) is 15.6 Å². The molecule has 3 rings (SSSR count). The van der Waals surface area contributed by atoms with Crippen LogP contribution in [0.25, 0.3) is 0 Å². The number of nitrogens with zero attached hydrogens (tertiary/aromatic N) is 1. The van der Waals surface area contributed by atoms with Gasteiger partial charge in [0.05, 0.1) is 23.7 Å². The second-order valence-electron chi connectivity index (χ2n) is 9.43. The molecular weight excluding hydrogens is 463 g/mol. The van der Waals surface area contributed by atoms with Gasteiger partial charge in [0.25, 0.3) is 0 Å². The molecule has 9 heteroatoms. The van der Waals surface area contributed by atoms with E-state index in [0.717, 1.165) is 32.1 Å².